The number of halogens is 2. The SMILES string of the molecule is CC1=C(C(=O)Nc2ccc(F)c(F)c2)[C@H](c2ccccc2C)NC(=O)N1. The fourth-order valence-electron chi connectivity index (χ4n) is 2.91. The van der Waals surface area contributed by atoms with Crippen molar-refractivity contribution >= 4 is 17.6 Å². The first-order chi connectivity index (χ1) is 12.4. The van der Waals surface area contributed by atoms with Crippen molar-refractivity contribution in [3.63, 3.8) is 0 Å². The molecule has 2 aromatic carbocycles. The van der Waals surface area contributed by atoms with Gasteiger partial charge in [-0.2, -0.15) is 0 Å². The highest BCUT2D eigenvalue weighted by molar-refractivity contribution is 6.06. The van der Waals surface area contributed by atoms with E-state index in [4.69, 9.17) is 0 Å². The molecule has 0 spiro atoms. The lowest BCUT2D eigenvalue weighted by Crippen LogP contribution is -2.46. The van der Waals surface area contributed by atoms with Crippen LogP contribution in [0.1, 0.15) is 24.1 Å². The van der Waals surface area contributed by atoms with Crippen LogP contribution in [-0.2, 0) is 4.79 Å². The zero-order valence-electron chi connectivity index (χ0n) is 14.2. The second kappa shape index (κ2) is 6.95. The molecule has 26 heavy (non-hydrogen) atoms. The lowest BCUT2D eigenvalue weighted by atomic mass is 9.92. The molecule has 1 aliphatic rings. The number of hydrogen-bond donors (Lipinski definition) is 3. The van der Waals surface area contributed by atoms with E-state index in [0.29, 0.717) is 11.3 Å². The Morgan fingerprint density at radius 2 is 1.81 bits per heavy atom. The van der Waals surface area contributed by atoms with E-state index < -0.39 is 29.6 Å². The molecule has 7 heteroatoms. The molecule has 0 aromatic heterocycles. The van der Waals surface area contributed by atoms with E-state index in [1.54, 1.807) is 6.92 Å². The first-order valence-corrected chi connectivity index (χ1v) is 7.97. The van der Waals surface area contributed by atoms with Gasteiger partial charge in [-0.25, -0.2) is 13.6 Å². The molecule has 0 saturated carbocycles. The average molecular weight is 357 g/mol. The summed E-state index contributed by atoms with van der Waals surface area (Å²) in [6, 6.07) is 9.41. The van der Waals surface area contributed by atoms with E-state index in [1.165, 1.54) is 6.07 Å². The molecular weight excluding hydrogens is 340 g/mol. The summed E-state index contributed by atoms with van der Waals surface area (Å²) >= 11 is 0. The fraction of sp³-hybridized carbons (Fsp3) is 0.158. The molecule has 1 atom stereocenters. The Kier molecular flexibility index (Phi) is 4.71. The number of nitrogens with one attached hydrogen (secondary N) is 3. The average Bonchev–Trinajstić information content (AvgIpc) is 2.57. The first-order valence-electron chi connectivity index (χ1n) is 7.97. The number of carbonyl (C=O) groups excluding carboxylic acids is 2. The molecule has 0 fully saturated rings. The van der Waals surface area contributed by atoms with E-state index in [-0.39, 0.29) is 5.69 Å². The molecule has 0 unspecified atom stereocenters. The smallest absolute Gasteiger partial charge is 0.319 e. The molecule has 3 rings (SSSR count). The van der Waals surface area contributed by atoms with Crippen LogP contribution in [0.3, 0.4) is 0 Å². The third-order valence-corrected chi connectivity index (χ3v) is 4.19. The van der Waals surface area contributed by atoms with Crippen LogP contribution in [0, 0.1) is 18.6 Å². The van der Waals surface area contributed by atoms with Crippen LogP contribution in [0.5, 0.6) is 0 Å². The predicted molar refractivity (Wildman–Crippen MR) is 93.3 cm³/mol. The highest BCUT2D eigenvalue weighted by Crippen LogP contribution is 2.29. The standard InChI is InChI=1S/C19H17F2N3O2/c1-10-5-3-4-6-13(10)17-16(11(2)22-19(26)24-17)18(25)23-12-7-8-14(20)15(21)9-12/h3-9,17H,1-2H3,(H,23,25)(H2,22,24,26)/t17-/m0/s1. The summed E-state index contributed by atoms with van der Waals surface area (Å²) in [5, 5.41) is 7.86. The number of benzene rings is 2. The highest BCUT2D eigenvalue weighted by atomic mass is 19.2. The molecule has 3 N–H and O–H groups in total. The van der Waals surface area contributed by atoms with Crippen molar-refractivity contribution < 1.29 is 18.4 Å². The molecule has 3 amide bonds. The van der Waals surface area contributed by atoms with Crippen LogP contribution in [0.15, 0.2) is 53.7 Å². The maximum absolute atomic E-state index is 13.4. The summed E-state index contributed by atoms with van der Waals surface area (Å²) in [7, 11) is 0. The molecule has 1 heterocycles. The Bertz CT molecular complexity index is 925. The number of anilines is 1. The number of rotatable bonds is 3. The summed E-state index contributed by atoms with van der Waals surface area (Å²) in [4.78, 5) is 24.7. The Balaban J connectivity index is 1.97. The van der Waals surface area contributed by atoms with Crippen LogP contribution in [0.2, 0.25) is 0 Å². The third-order valence-electron chi connectivity index (χ3n) is 4.19. The van der Waals surface area contributed by atoms with Crippen molar-refractivity contribution in [2.24, 2.45) is 0 Å². The summed E-state index contributed by atoms with van der Waals surface area (Å²) in [5.41, 5.74) is 2.49. The van der Waals surface area contributed by atoms with Crippen molar-refractivity contribution in [3.8, 4) is 0 Å². The number of carbonyl (C=O) groups is 2. The van der Waals surface area contributed by atoms with Gasteiger partial charge in [0, 0.05) is 17.5 Å². The Morgan fingerprint density at radius 1 is 1.08 bits per heavy atom. The Labute approximate surface area is 149 Å². The minimum Gasteiger partial charge on any atom is -0.327 e. The minimum absolute atomic E-state index is 0.120. The maximum Gasteiger partial charge on any atom is 0.319 e. The quantitative estimate of drug-likeness (QED) is 0.786. The largest absolute Gasteiger partial charge is 0.327 e. The van der Waals surface area contributed by atoms with Crippen LogP contribution in [0.4, 0.5) is 19.3 Å². The van der Waals surface area contributed by atoms with Gasteiger partial charge < -0.3 is 16.0 Å². The van der Waals surface area contributed by atoms with Crippen molar-refractivity contribution in [1.29, 1.82) is 0 Å². The van der Waals surface area contributed by atoms with Crippen molar-refractivity contribution in [1.82, 2.24) is 10.6 Å². The van der Waals surface area contributed by atoms with Gasteiger partial charge in [-0.05, 0) is 37.1 Å². The third kappa shape index (κ3) is 3.42. The van der Waals surface area contributed by atoms with Gasteiger partial charge in [0.05, 0.1) is 11.6 Å². The number of urea groups is 1. The first kappa shape index (κ1) is 17.6. The lowest BCUT2D eigenvalue weighted by molar-refractivity contribution is -0.113. The molecule has 0 bridgehead atoms. The van der Waals surface area contributed by atoms with Gasteiger partial charge in [0.15, 0.2) is 11.6 Å². The van der Waals surface area contributed by atoms with E-state index in [9.17, 15) is 18.4 Å². The van der Waals surface area contributed by atoms with Gasteiger partial charge in [0.2, 0.25) is 0 Å². The maximum atomic E-state index is 13.4. The number of hydrogen-bond acceptors (Lipinski definition) is 2. The van der Waals surface area contributed by atoms with Gasteiger partial charge in [-0.3, -0.25) is 4.79 Å². The van der Waals surface area contributed by atoms with Gasteiger partial charge in [0.25, 0.3) is 5.91 Å². The second-order valence-corrected chi connectivity index (χ2v) is 6.01. The molecule has 0 radical (unpaired) electrons. The number of allylic oxidation sites excluding steroid dienone is 1. The summed E-state index contributed by atoms with van der Waals surface area (Å²) in [5.74, 6) is -2.57. The van der Waals surface area contributed by atoms with Gasteiger partial charge in [-0.15, -0.1) is 0 Å². The monoisotopic (exact) mass is 357 g/mol. The van der Waals surface area contributed by atoms with Gasteiger partial charge >= 0.3 is 6.03 Å². The number of amides is 3. The lowest BCUT2D eigenvalue weighted by Gasteiger charge is -2.29. The van der Waals surface area contributed by atoms with E-state index >= 15 is 0 Å². The van der Waals surface area contributed by atoms with Crippen LogP contribution >= 0.6 is 0 Å². The molecule has 0 aliphatic carbocycles. The van der Waals surface area contributed by atoms with Crippen molar-refractivity contribution in [2.45, 2.75) is 19.9 Å². The van der Waals surface area contributed by atoms with Crippen molar-refractivity contribution in [3.05, 3.63) is 76.5 Å². The number of aryl methyl sites for hydroxylation is 1. The molecule has 2 aromatic rings. The summed E-state index contributed by atoms with van der Waals surface area (Å²) in [6.45, 7) is 3.49. The predicted octanol–water partition coefficient (Wildman–Crippen LogP) is 3.54. The fourth-order valence-corrected chi connectivity index (χ4v) is 2.91. The van der Waals surface area contributed by atoms with E-state index in [0.717, 1.165) is 23.3 Å². The molecule has 5 nitrogen and oxygen atoms in total. The Hall–Kier alpha value is -3.22. The molecular formula is C19H17F2N3O2. The zero-order chi connectivity index (χ0) is 18.8. The minimum atomic E-state index is -1.06. The van der Waals surface area contributed by atoms with E-state index in [1.807, 2.05) is 31.2 Å². The van der Waals surface area contributed by atoms with Crippen LogP contribution in [0.25, 0.3) is 0 Å². The van der Waals surface area contributed by atoms with Crippen LogP contribution < -0.4 is 16.0 Å². The normalized spacial score (nSPS) is 16.8. The van der Waals surface area contributed by atoms with Gasteiger partial charge in [0.1, 0.15) is 0 Å². The highest BCUT2D eigenvalue weighted by Gasteiger charge is 2.32. The summed E-state index contributed by atoms with van der Waals surface area (Å²) < 4.78 is 26.5. The molecule has 0 saturated heterocycles. The van der Waals surface area contributed by atoms with Gasteiger partial charge in [-0.1, -0.05) is 24.3 Å². The summed E-state index contributed by atoms with van der Waals surface area (Å²) in [6.07, 6.45) is 0. The molecule has 1 aliphatic heterocycles. The molecule has 134 valence electrons. The van der Waals surface area contributed by atoms with Crippen molar-refractivity contribution in [2.75, 3.05) is 5.32 Å². The zero-order valence-corrected chi connectivity index (χ0v) is 14.2. The topological polar surface area (TPSA) is 70.2 Å². The Morgan fingerprint density at radius 3 is 2.50 bits per heavy atom. The van der Waals surface area contributed by atoms with Crippen LogP contribution in [-0.4, -0.2) is 11.9 Å². The second-order valence-electron chi connectivity index (χ2n) is 6.01. The van der Waals surface area contributed by atoms with E-state index in [2.05, 4.69) is 16.0 Å².